The third-order valence-electron chi connectivity index (χ3n) is 3.33. The second kappa shape index (κ2) is 4.68. The lowest BCUT2D eigenvalue weighted by molar-refractivity contribution is -0.150. The van der Waals surface area contributed by atoms with Crippen molar-refractivity contribution >= 4 is 23.2 Å². The highest BCUT2D eigenvalue weighted by Crippen LogP contribution is 2.30. The fraction of sp³-hybridized carbons (Fsp3) is 0.583. The second-order valence-corrected chi connectivity index (χ2v) is 6.17. The number of rotatable bonds is 2. The van der Waals surface area contributed by atoms with E-state index in [9.17, 15) is 14.7 Å². The smallest absolute Gasteiger partial charge is 0.311 e. The number of hydrogen-bond acceptors (Lipinski definition) is 4. The Balaban J connectivity index is 2.14. The number of piperidine rings is 1. The number of aromatic nitrogens is 1. The molecule has 0 aliphatic carbocycles. The van der Waals surface area contributed by atoms with Crippen molar-refractivity contribution in [3.63, 3.8) is 0 Å². The van der Waals surface area contributed by atoms with E-state index in [1.165, 1.54) is 11.3 Å². The van der Waals surface area contributed by atoms with Crippen LogP contribution in [0.25, 0.3) is 0 Å². The zero-order valence-electron chi connectivity index (χ0n) is 10.5. The van der Waals surface area contributed by atoms with Gasteiger partial charge in [0.05, 0.1) is 16.6 Å². The summed E-state index contributed by atoms with van der Waals surface area (Å²) in [6, 6.07) is 0. The zero-order valence-corrected chi connectivity index (χ0v) is 11.3. The van der Waals surface area contributed by atoms with E-state index in [-0.39, 0.29) is 12.5 Å². The topological polar surface area (TPSA) is 70.5 Å². The quantitative estimate of drug-likeness (QED) is 0.887. The van der Waals surface area contributed by atoms with Crippen molar-refractivity contribution in [3.8, 4) is 0 Å². The van der Waals surface area contributed by atoms with Gasteiger partial charge >= 0.3 is 5.97 Å². The van der Waals surface area contributed by atoms with E-state index in [2.05, 4.69) is 4.98 Å². The first-order chi connectivity index (χ1) is 8.42. The number of carboxylic acids is 1. The Morgan fingerprint density at radius 1 is 1.56 bits per heavy atom. The molecule has 1 aromatic rings. The first kappa shape index (κ1) is 13.0. The van der Waals surface area contributed by atoms with Crippen LogP contribution >= 0.6 is 11.3 Å². The molecule has 2 heterocycles. The van der Waals surface area contributed by atoms with E-state index in [4.69, 9.17) is 0 Å². The fourth-order valence-corrected chi connectivity index (χ4v) is 2.95. The third kappa shape index (κ3) is 2.38. The number of carbonyl (C=O) groups excluding carboxylic acids is 1. The van der Waals surface area contributed by atoms with E-state index in [0.717, 1.165) is 11.4 Å². The van der Waals surface area contributed by atoms with Gasteiger partial charge in [-0.2, -0.15) is 0 Å². The summed E-state index contributed by atoms with van der Waals surface area (Å²) in [7, 11) is 0. The number of hydrogen-bond donors (Lipinski definition) is 1. The van der Waals surface area contributed by atoms with Crippen molar-refractivity contribution in [2.45, 2.75) is 26.7 Å². The van der Waals surface area contributed by atoms with Crippen molar-refractivity contribution < 1.29 is 14.7 Å². The Hall–Kier alpha value is -1.43. The summed E-state index contributed by atoms with van der Waals surface area (Å²) >= 11 is 1.35. The van der Waals surface area contributed by atoms with E-state index in [0.29, 0.717) is 17.8 Å². The summed E-state index contributed by atoms with van der Waals surface area (Å²) in [6.07, 6.45) is 2.91. The normalized spacial score (nSPS) is 24.0. The van der Waals surface area contributed by atoms with Crippen molar-refractivity contribution in [2.24, 2.45) is 5.41 Å². The number of carbonyl (C=O) groups is 2. The summed E-state index contributed by atoms with van der Waals surface area (Å²) in [4.78, 5) is 29.7. The van der Waals surface area contributed by atoms with Crippen LogP contribution in [-0.4, -0.2) is 40.0 Å². The standard InChI is InChI=1S/C12H16N2O3S/c1-8-13-6-9(18-8)10(15)14-5-3-4-12(2,7-14)11(16)17/h6H,3-5,7H2,1-2H3,(H,16,17). The number of aliphatic carboxylic acids is 1. The molecule has 0 saturated carbocycles. The molecule has 98 valence electrons. The van der Waals surface area contributed by atoms with Crippen LogP contribution in [0.4, 0.5) is 0 Å². The van der Waals surface area contributed by atoms with Gasteiger partial charge in [0.25, 0.3) is 5.91 Å². The lowest BCUT2D eigenvalue weighted by Crippen LogP contribution is -2.48. The summed E-state index contributed by atoms with van der Waals surface area (Å²) in [5.41, 5.74) is -0.826. The Morgan fingerprint density at radius 2 is 2.28 bits per heavy atom. The van der Waals surface area contributed by atoms with Crippen LogP contribution < -0.4 is 0 Å². The van der Waals surface area contributed by atoms with Gasteiger partial charge in [0.1, 0.15) is 4.88 Å². The van der Waals surface area contributed by atoms with Crippen molar-refractivity contribution in [3.05, 3.63) is 16.1 Å². The van der Waals surface area contributed by atoms with E-state index >= 15 is 0 Å². The minimum Gasteiger partial charge on any atom is -0.481 e. The molecule has 1 aliphatic heterocycles. The molecule has 1 saturated heterocycles. The Labute approximate surface area is 109 Å². The van der Waals surface area contributed by atoms with Crippen LogP contribution in [0.2, 0.25) is 0 Å². The highest BCUT2D eigenvalue weighted by Gasteiger charge is 2.39. The molecule has 1 unspecified atom stereocenters. The largest absolute Gasteiger partial charge is 0.481 e. The Kier molecular flexibility index (Phi) is 3.38. The molecule has 0 radical (unpaired) electrons. The average molecular weight is 268 g/mol. The van der Waals surface area contributed by atoms with Gasteiger partial charge in [-0.25, -0.2) is 4.98 Å². The van der Waals surface area contributed by atoms with Gasteiger partial charge in [-0.05, 0) is 26.7 Å². The highest BCUT2D eigenvalue weighted by atomic mass is 32.1. The van der Waals surface area contributed by atoms with Crippen molar-refractivity contribution in [1.82, 2.24) is 9.88 Å². The number of carboxylic acid groups (broad SMARTS) is 1. The molecular formula is C12H16N2O3S. The summed E-state index contributed by atoms with van der Waals surface area (Å²) in [5, 5.41) is 10.1. The number of aryl methyl sites for hydroxylation is 1. The van der Waals surface area contributed by atoms with E-state index in [1.54, 1.807) is 18.0 Å². The van der Waals surface area contributed by atoms with Crippen LogP contribution in [0.3, 0.4) is 0 Å². The van der Waals surface area contributed by atoms with Crippen LogP contribution in [0.15, 0.2) is 6.20 Å². The van der Waals surface area contributed by atoms with E-state index in [1.807, 2.05) is 6.92 Å². The molecule has 2 rings (SSSR count). The van der Waals surface area contributed by atoms with Gasteiger partial charge in [0, 0.05) is 13.1 Å². The molecular weight excluding hydrogens is 252 g/mol. The molecule has 1 fully saturated rings. The Bertz CT molecular complexity index is 485. The van der Waals surface area contributed by atoms with Crippen molar-refractivity contribution in [2.75, 3.05) is 13.1 Å². The molecule has 0 spiro atoms. The van der Waals surface area contributed by atoms with Crippen LogP contribution in [0.1, 0.15) is 34.4 Å². The van der Waals surface area contributed by atoms with Gasteiger partial charge < -0.3 is 10.0 Å². The number of amides is 1. The fourth-order valence-electron chi connectivity index (χ4n) is 2.20. The molecule has 5 nitrogen and oxygen atoms in total. The van der Waals surface area contributed by atoms with Gasteiger partial charge in [-0.3, -0.25) is 9.59 Å². The summed E-state index contributed by atoms with van der Waals surface area (Å²) < 4.78 is 0. The average Bonchev–Trinajstić information content (AvgIpc) is 2.75. The monoisotopic (exact) mass is 268 g/mol. The minimum atomic E-state index is -0.833. The predicted molar refractivity (Wildman–Crippen MR) is 67.7 cm³/mol. The SMILES string of the molecule is Cc1ncc(C(=O)N2CCCC(C)(C(=O)O)C2)s1. The molecule has 1 aromatic heterocycles. The van der Waals surface area contributed by atoms with Crippen LogP contribution in [0, 0.1) is 12.3 Å². The number of nitrogens with zero attached hydrogens (tertiary/aromatic N) is 2. The molecule has 1 N–H and O–H groups in total. The maximum absolute atomic E-state index is 12.2. The minimum absolute atomic E-state index is 0.104. The van der Waals surface area contributed by atoms with Gasteiger partial charge in [0.15, 0.2) is 0 Å². The van der Waals surface area contributed by atoms with E-state index < -0.39 is 11.4 Å². The molecule has 1 atom stereocenters. The van der Waals surface area contributed by atoms with Gasteiger partial charge in [-0.1, -0.05) is 0 Å². The maximum Gasteiger partial charge on any atom is 0.311 e. The first-order valence-corrected chi connectivity index (χ1v) is 6.69. The molecule has 1 amide bonds. The van der Waals surface area contributed by atoms with Gasteiger partial charge in [-0.15, -0.1) is 11.3 Å². The zero-order chi connectivity index (χ0) is 13.3. The molecule has 0 aromatic carbocycles. The lowest BCUT2D eigenvalue weighted by Gasteiger charge is -2.37. The first-order valence-electron chi connectivity index (χ1n) is 5.87. The third-order valence-corrected chi connectivity index (χ3v) is 4.23. The van der Waals surface area contributed by atoms with Crippen molar-refractivity contribution in [1.29, 1.82) is 0 Å². The number of thiazole rings is 1. The molecule has 1 aliphatic rings. The van der Waals surface area contributed by atoms with Crippen LogP contribution in [0.5, 0.6) is 0 Å². The highest BCUT2D eigenvalue weighted by molar-refractivity contribution is 7.13. The maximum atomic E-state index is 12.2. The Morgan fingerprint density at radius 3 is 2.83 bits per heavy atom. The second-order valence-electron chi connectivity index (χ2n) is 4.94. The summed E-state index contributed by atoms with van der Waals surface area (Å²) in [5.74, 6) is -0.937. The van der Waals surface area contributed by atoms with Gasteiger partial charge in [0.2, 0.25) is 0 Å². The summed E-state index contributed by atoms with van der Waals surface area (Å²) in [6.45, 7) is 4.45. The lowest BCUT2D eigenvalue weighted by atomic mass is 9.82. The molecule has 0 bridgehead atoms. The predicted octanol–water partition coefficient (Wildman–Crippen LogP) is 1.78. The van der Waals surface area contributed by atoms with Crippen LogP contribution in [-0.2, 0) is 4.79 Å². The molecule has 18 heavy (non-hydrogen) atoms. The number of likely N-dealkylation sites (tertiary alicyclic amines) is 1. The molecule has 6 heteroatoms.